The Bertz CT molecular complexity index is 514. The summed E-state index contributed by atoms with van der Waals surface area (Å²) in [7, 11) is 0. The predicted molar refractivity (Wildman–Crippen MR) is 65.1 cm³/mol. The molecule has 19 heavy (non-hydrogen) atoms. The lowest BCUT2D eigenvalue weighted by Crippen LogP contribution is -2.19. The maximum atomic E-state index is 12.3. The maximum absolute atomic E-state index is 12.3. The van der Waals surface area contributed by atoms with Gasteiger partial charge in [-0.3, -0.25) is 0 Å². The molecule has 2 nitrogen and oxygen atoms in total. The van der Waals surface area contributed by atoms with Gasteiger partial charge in [-0.15, -0.1) is 13.2 Å². The first-order chi connectivity index (χ1) is 8.81. The van der Waals surface area contributed by atoms with Crippen molar-refractivity contribution in [3.05, 3.63) is 29.3 Å². The summed E-state index contributed by atoms with van der Waals surface area (Å²) in [5.74, 6) is 0.811. The van der Waals surface area contributed by atoms with Gasteiger partial charge in [-0.05, 0) is 47.9 Å². The van der Waals surface area contributed by atoms with Crippen molar-refractivity contribution in [1.29, 1.82) is 0 Å². The second-order valence-electron chi connectivity index (χ2n) is 5.79. The molecule has 5 heteroatoms. The first-order valence-electron chi connectivity index (χ1n) is 6.38. The van der Waals surface area contributed by atoms with Gasteiger partial charge in [0.05, 0.1) is 0 Å². The van der Waals surface area contributed by atoms with Crippen molar-refractivity contribution < 1.29 is 17.9 Å². The molecule has 0 spiro atoms. The Morgan fingerprint density at radius 3 is 2.68 bits per heavy atom. The zero-order valence-electron chi connectivity index (χ0n) is 10.8. The molecule has 1 aliphatic carbocycles. The molecule has 1 aromatic rings. The number of alkyl halides is 3. The van der Waals surface area contributed by atoms with Crippen LogP contribution in [0.3, 0.4) is 0 Å². The number of nitrogens with one attached hydrogen (secondary N) is 1. The number of aryl methyl sites for hydroxylation is 1. The van der Waals surface area contributed by atoms with Crippen LogP contribution >= 0.6 is 0 Å². The number of benzene rings is 1. The van der Waals surface area contributed by atoms with Crippen molar-refractivity contribution in [1.82, 2.24) is 5.32 Å². The second kappa shape index (κ2) is 3.88. The van der Waals surface area contributed by atoms with Crippen LogP contribution < -0.4 is 10.1 Å². The van der Waals surface area contributed by atoms with Gasteiger partial charge in [0.25, 0.3) is 0 Å². The highest BCUT2D eigenvalue weighted by Gasteiger charge is 2.63. The summed E-state index contributed by atoms with van der Waals surface area (Å²) < 4.78 is 41.1. The number of hydrogen-bond donors (Lipinski definition) is 1. The van der Waals surface area contributed by atoms with E-state index in [0.717, 1.165) is 18.7 Å². The fourth-order valence-electron chi connectivity index (χ4n) is 3.41. The molecule has 2 aliphatic rings. The van der Waals surface area contributed by atoms with E-state index in [2.05, 4.69) is 17.0 Å². The van der Waals surface area contributed by atoms with Gasteiger partial charge in [-0.1, -0.05) is 19.1 Å². The molecule has 1 heterocycles. The summed E-state index contributed by atoms with van der Waals surface area (Å²) in [6.07, 6.45) is -4.63. The monoisotopic (exact) mass is 271 g/mol. The quantitative estimate of drug-likeness (QED) is 0.891. The van der Waals surface area contributed by atoms with Crippen LogP contribution in [0.1, 0.15) is 24.0 Å². The maximum Gasteiger partial charge on any atom is 0.573 e. The van der Waals surface area contributed by atoms with E-state index in [4.69, 9.17) is 0 Å². The second-order valence-corrected chi connectivity index (χ2v) is 5.79. The van der Waals surface area contributed by atoms with Crippen LogP contribution in [0.25, 0.3) is 0 Å². The van der Waals surface area contributed by atoms with E-state index in [9.17, 15) is 13.2 Å². The summed E-state index contributed by atoms with van der Waals surface area (Å²) in [6.45, 7) is 5.70. The van der Waals surface area contributed by atoms with E-state index >= 15 is 0 Å². The third-order valence-electron chi connectivity index (χ3n) is 4.52. The van der Waals surface area contributed by atoms with Crippen molar-refractivity contribution in [2.45, 2.75) is 26.1 Å². The predicted octanol–water partition coefficient (Wildman–Crippen LogP) is 3.22. The summed E-state index contributed by atoms with van der Waals surface area (Å²) in [5.41, 5.74) is 1.67. The topological polar surface area (TPSA) is 21.3 Å². The lowest BCUT2D eigenvalue weighted by atomic mass is 10.00. The number of piperidine rings is 1. The van der Waals surface area contributed by atoms with Gasteiger partial charge in [-0.2, -0.15) is 0 Å². The fourth-order valence-corrected chi connectivity index (χ4v) is 3.41. The molecule has 2 fully saturated rings. The average molecular weight is 271 g/mol. The van der Waals surface area contributed by atoms with E-state index < -0.39 is 6.36 Å². The summed E-state index contributed by atoms with van der Waals surface area (Å²) in [5, 5.41) is 3.32. The van der Waals surface area contributed by atoms with Crippen LogP contribution in [0.15, 0.2) is 18.2 Å². The molecule has 1 aliphatic heterocycles. The first kappa shape index (κ1) is 12.8. The highest BCUT2D eigenvalue weighted by Crippen LogP contribution is 2.66. The van der Waals surface area contributed by atoms with Crippen LogP contribution in [-0.2, 0) is 0 Å². The molecule has 3 rings (SSSR count). The number of halogens is 3. The Labute approximate surface area is 109 Å². The third kappa shape index (κ3) is 2.10. The molecule has 1 aromatic carbocycles. The van der Waals surface area contributed by atoms with Crippen molar-refractivity contribution in [2.24, 2.45) is 11.3 Å². The minimum atomic E-state index is -4.63. The van der Waals surface area contributed by atoms with Crippen molar-refractivity contribution in [2.75, 3.05) is 13.1 Å². The molecule has 104 valence electrons. The van der Waals surface area contributed by atoms with Crippen molar-refractivity contribution in [3.8, 4) is 5.75 Å². The summed E-state index contributed by atoms with van der Waals surface area (Å²) in [4.78, 5) is 0. The van der Waals surface area contributed by atoms with E-state index in [-0.39, 0.29) is 11.2 Å². The van der Waals surface area contributed by atoms with Gasteiger partial charge in [-0.25, -0.2) is 0 Å². The van der Waals surface area contributed by atoms with E-state index in [0.29, 0.717) is 17.4 Å². The highest BCUT2D eigenvalue weighted by molar-refractivity contribution is 5.43. The van der Waals surface area contributed by atoms with E-state index in [1.54, 1.807) is 19.1 Å². The van der Waals surface area contributed by atoms with E-state index in [1.807, 2.05) is 6.07 Å². The Morgan fingerprint density at radius 2 is 2.11 bits per heavy atom. The van der Waals surface area contributed by atoms with Crippen LogP contribution in [0, 0.1) is 18.3 Å². The Hall–Kier alpha value is -1.23. The summed E-state index contributed by atoms with van der Waals surface area (Å²) >= 11 is 0. The van der Waals surface area contributed by atoms with Gasteiger partial charge >= 0.3 is 6.36 Å². The minimum Gasteiger partial charge on any atom is -0.406 e. The molecule has 0 aromatic heterocycles. The highest BCUT2D eigenvalue weighted by atomic mass is 19.4. The standard InChI is InChI=1S/C14H16F3NO/c1-8-3-4-9(5-11(8)19-14(15,16)17)12-10-6-18-7-13(10,12)2/h3-5,10,12,18H,6-7H2,1-2H3/t10-,12-,13-/m0/s1. The number of ether oxygens (including phenoxy) is 1. The molecule has 1 N–H and O–H groups in total. The number of fused-ring (bicyclic) bond motifs is 1. The molecule has 0 radical (unpaired) electrons. The minimum absolute atomic E-state index is 0.0773. The van der Waals surface area contributed by atoms with Crippen LogP contribution in [0.4, 0.5) is 13.2 Å². The molecular formula is C14H16F3NO. The lowest BCUT2D eigenvalue weighted by molar-refractivity contribution is -0.274. The van der Waals surface area contributed by atoms with Crippen LogP contribution in [0.2, 0.25) is 0 Å². The van der Waals surface area contributed by atoms with Gasteiger partial charge in [0.15, 0.2) is 0 Å². The van der Waals surface area contributed by atoms with Crippen LogP contribution in [0.5, 0.6) is 5.75 Å². The van der Waals surface area contributed by atoms with Gasteiger partial charge in [0.2, 0.25) is 0 Å². The fraction of sp³-hybridized carbons (Fsp3) is 0.571. The molecular weight excluding hydrogens is 255 g/mol. The van der Waals surface area contributed by atoms with Gasteiger partial charge < -0.3 is 10.1 Å². The Morgan fingerprint density at radius 1 is 1.37 bits per heavy atom. The molecule has 1 saturated heterocycles. The lowest BCUT2D eigenvalue weighted by Gasteiger charge is -2.15. The van der Waals surface area contributed by atoms with Crippen molar-refractivity contribution >= 4 is 0 Å². The normalized spacial score (nSPS) is 33.1. The first-order valence-corrected chi connectivity index (χ1v) is 6.38. The molecule has 1 saturated carbocycles. The smallest absolute Gasteiger partial charge is 0.406 e. The Balaban J connectivity index is 1.87. The van der Waals surface area contributed by atoms with Gasteiger partial charge in [0, 0.05) is 6.54 Å². The SMILES string of the molecule is Cc1ccc([C@H]2[C@@H]3CNC[C@@]32C)cc1OC(F)(F)F. The largest absolute Gasteiger partial charge is 0.573 e. The van der Waals surface area contributed by atoms with Crippen LogP contribution in [-0.4, -0.2) is 19.5 Å². The van der Waals surface area contributed by atoms with Crippen molar-refractivity contribution in [3.63, 3.8) is 0 Å². The zero-order chi connectivity index (χ0) is 13.8. The zero-order valence-corrected chi connectivity index (χ0v) is 10.8. The average Bonchev–Trinajstić information content (AvgIpc) is 2.67. The van der Waals surface area contributed by atoms with E-state index in [1.165, 1.54) is 0 Å². The van der Waals surface area contributed by atoms with Gasteiger partial charge in [0.1, 0.15) is 5.75 Å². The molecule has 0 bridgehead atoms. The third-order valence-corrected chi connectivity index (χ3v) is 4.52. The number of rotatable bonds is 2. The summed E-state index contributed by atoms with van der Waals surface area (Å²) in [6, 6.07) is 5.19. The molecule has 0 amide bonds. The molecule has 0 unspecified atom stereocenters. The molecule has 3 atom stereocenters. The number of hydrogen-bond acceptors (Lipinski definition) is 2. The Kier molecular flexibility index (Phi) is 2.61.